The van der Waals surface area contributed by atoms with Gasteiger partial charge in [-0.2, -0.15) is 0 Å². The SMILES string of the molecule is CC(C)(C)c1ccc(SNCCN)cc1. The zero-order valence-electron chi connectivity index (χ0n) is 9.71. The van der Waals surface area contributed by atoms with Gasteiger partial charge in [0.1, 0.15) is 0 Å². The normalized spacial score (nSPS) is 11.7. The molecule has 15 heavy (non-hydrogen) atoms. The molecule has 0 spiro atoms. The topological polar surface area (TPSA) is 38.0 Å². The molecule has 0 heterocycles. The van der Waals surface area contributed by atoms with E-state index in [4.69, 9.17) is 5.73 Å². The Morgan fingerprint density at radius 3 is 2.27 bits per heavy atom. The fourth-order valence-corrected chi connectivity index (χ4v) is 1.88. The summed E-state index contributed by atoms with van der Waals surface area (Å²) in [5.41, 5.74) is 6.99. The molecular weight excluding hydrogens is 204 g/mol. The Kier molecular flexibility index (Phi) is 4.64. The van der Waals surface area contributed by atoms with E-state index in [0.29, 0.717) is 6.54 Å². The van der Waals surface area contributed by atoms with Gasteiger partial charge in [-0.05, 0) is 35.1 Å². The minimum absolute atomic E-state index is 0.230. The number of hydrogen-bond acceptors (Lipinski definition) is 3. The van der Waals surface area contributed by atoms with Gasteiger partial charge < -0.3 is 5.73 Å². The van der Waals surface area contributed by atoms with Crippen LogP contribution in [0.1, 0.15) is 26.3 Å². The number of nitrogens with two attached hydrogens (primary N) is 1. The Balaban J connectivity index is 2.57. The Hall–Kier alpha value is -0.510. The van der Waals surface area contributed by atoms with E-state index < -0.39 is 0 Å². The molecule has 3 N–H and O–H groups in total. The molecule has 0 saturated heterocycles. The second-order valence-electron chi connectivity index (χ2n) is 4.56. The maximum atomic E-state index is 5.40. The van der Waals surface area contributed by atoms with Gasteiger partial charge in [0.15, 0.2) is 0 Å². The van der Waals surface area contributed by atoms with Crippen LogP contribution in [0.15, 0.2) is 29.2 Å². The highest BCUT2D eigenvalue weighted by Crippen LogP contribution is 2.24. The molecule has 0 fully saturated rings. The quantitative estimate of drug-likeness (QED) is 0.610. The fraction of sp³-hybridized carbons (Fsp3) is 0.500. The molecule has 3 heteroatoms. The van der Waals surface area contributed by atoms with Crippen molar-refractivity contribution in [1.82, 2.24) is 4.72 Å². The van der Waals surface area contributed by atoms with Crippen LogP contribution in [0.3, 0.4) is 0 Å². The van der Waals surface area contributed by atoms with Gasteiger partial charge >= 0.3 is 0 Å². The van der Waals surface area contributed by atoms with Crippen molar-refractivity contribution in [1.29, 1.82) is 0 Å². The molecule has 84 valence electrons. The van der Waals surface area contributed by atoms with Gasteiger partial charge in [-0.25, -0.2) is 0 Å². The minimum Gasteiger partial charge on any atom is -0.329 e. The maximum absolute atomic E-state index is 5.40. The first-order valence-electron chi connectivity index (χ1n) is 5.24. The third-order valence-corrected chi connectivity index (χ3v) is 3.01. The molecule has 0 aliphatic carbocycles. The van der Waals surface area contributed by atoms with Crippen LogP contribution in [-0.4, -0.2) is 13.1 Å². The first-order chi connectivity index (χ1) is 7.04. The van der Waals surface area contributed by atoms with E-state index in [1.54, 1.807) is 11.9 Å². The summed E-state index contributed by atoms with van der Waals surface area (Å²) in [6, 6.07) is 8.67. The summed E-state index contributed by atoms with van der Waals surface area (Å²) in [6.07, 6.45) is 0. The predicted molar refractivity (Wildman–Crippen MR) is 68.1 cm³/mol. The molecule has 2 nitrogen and oxygen atoms in total. The van der Waals surface area contributed by atoms with Crippen LogP contribution in [0, 0.1) is 0 Å². The number of rotatable bonds is 4. The Morgan fingerprint density at radius 2 is 1.80 bits per heavy atom. The summed E-state index contributed by atoms with van der Waals surface area (Å²) in [5, 5.41) is 0. The van der Waals surface area contributed by atoms with Gasteiger partial charge in [0.05, 0.1) is 0 Å². The molecule has 0 aromatic heterocycles. The predicted octanol–water partition coefficient (Wildman–Crippen LogP) is 2.54. The first kappa shape index (κ1) is 12.6. The van der Waals surface area contributed by atoms with Crippen LogP contribution in [0.5, 0.6) is 0 Å². The van der Waals surface area contributed by atoms with Crippen molar-refractivity contribution in [3.63, 3.8) is 0 Å². The molecule has 0 amide bonds. The van der Waals surface area contributed by atoms with Crippen molar-refractivity contribution in [2.45, 2.75) is 31.1 Å². The molecule has 1 aromatic rings. The zero-order valence-corrected chi connectivity index (χ0v) is 10.5. The van der Waals surface area contributed by atoms with Crippen molar-refractivity contribution in [3.05, 3.63) is 29.8 Å². The Morgan fingerprint density at radius 1 is 1.20 bits per heavy atom. The van der Waals surface area contributed by atoms with Crippen LogP contribution in [0.2, 0.25) is 0 Å². The van der Waals surface area contributed by atoms with Gasteiger partial charge in [0, 0.05) is 18.0 Å². The smallest absolute Gasteiger partial charge is 0.0228 e. The van der Waals surface area contributed by atoms with Gasteiger partial charge in [0.25, 0.3) is 0 Å². The summed E-state index contributed by atoms with van der Waals surface area (Å²) >= 11 is 1.63. The third kappa shape index (κ3) is 4.24. The van der Waals surface area contributed by atoms with Gasteiger partial charge in [-0.3, -0.25) is 4.72 Å². The summed E-state index contributed by atoms with van der Waals surface area (Å²) in [5.74, 6) is 0. The Bertz CT molecular complexity index is 287. The van der Waals surface area contributed by atoms with Crippen molar-refractivity contribution in [2.24, 2.45) is 5.73 Å². The second kappa shape index (κ2) is 5.54. The molecule has 0 aliphatic rings. The highest BCUT2D eigenvalue weighted by molar-refractivity contribution is 7.97. The van der Waals surface area contributed by atoms with E-state index in [9.17, 15) is 0 Å². The van der Waals surface area contributed by atoms with Gasteiger partial charge in [-0.15, -0.1) is 0 Å². The molecule has 0 radical (unpaired) electrons. The molecule has 0 bridgehead atoms. The van der Waals surface area contributed by atoms with E-state index in [1.807, 2.05) is 0 Å². The lowest BCUT2D eigenvalue weighted by atomic mass is 9.87. The van der Waals surface area contributed by atoms with Crippen LogP contribution >= 0.6 is 11.9 Å². The van der Waals surface area contributed by atoms with E-state index in [1.165, 1.54) is 10.5 Å². The molecule has 0 saturated carbocycles. The summed E-state index contributed by atoms with van der Waals surface area (Å²) in [4.78, 5) is 1.23. The van der Waals surface area contributed by atoms with E-state index in [2.05, 4.69) is 49.8 Å². The van der Waals surface area contributed by atoms with E-state index in [0.717, 1.165) is 6.54 Å². The molecule has 1 aromatic carbocycles. The van der Waals surface area contributed by atoms with Crippen LogP contribution in [-0.2, 0) is 5.41 Å². The van der Waals surface area contributed by atoms with Crippen LogP contribution in [0.25, 0.3) is 0 Å². The van der Waals surface area contributed by atoms with Gasteiger partial charge in [-0.1, -0.05) is 32.9 Å². The second-order valence-corrected chi connectivity index (χ2v) is 5.52. The summed E-state index contributed by atoms with van der Waals surface area (Å²) < 4.78 is 3.20. The lowest BCUT2D eigenvalue weighted by Gasteiger charge is -2.19. The number of benzene rings is 1. The highest BCUT2D eigenvalue weighted by Gasteiger charge is 2.12. The largest absolute Gasteiger partial charge is 0.329 e. The number of nitrogens with one attached hydrogen (secondary N) is 1. The van der Waals surface area contributed by atoms with Crippen molar-refractivity contribution < 1.29 is 0 Å². The van der Waals surface area contributed by atoms with E-state index in [-0.39, 0.29) is 5.41 Å². The number of hydrogen-bond donors (Lipinski definition) is 2. The van der Waals surface area contributed by atoms with Gasteiger partial charge in [0.2, 0.25) is 0 Å². The van der Waals surface area contributed by atoms with E-state index >= 15 is 0 Å². The highest BCUT2D eigenvalue weighted by atomic mass is 32.2. The fourth-order valence-electron chi connectivity index (χ4n) is 1.22. The third-order valence-electron chi connectivity index (χ3n) is 2.16. The molecule has 1 rings (SSSR count). The molecule has 0 aliphatic heterocycles. The average molecular weight is 224 g/mol. The minimum atomic E-state index is 0.230. The maximum Gasteiger partial charge on any atom is 0.0228 e. The standard InChI is InChI=1S/C12H20N2S/c1-12(2,3)10-4-6-11(7-5-10)15-14-9-8-13/h4-7,14H,8-9,13H2,1-3H3. The van der Waals surface area contributed by atoms with Crippen LogP contribution < -0.4 is 10.5 Å². The summed E-state index contributed by atoms with van der Waals surface area (Å²) in [7, 11) is 0. The van der Waals surface area contributed by atoms with Crippen molar-refractivity contribution in [2.75, 3.05) is 13.1 Å². The van der Waals surface area contributed by atoms with Crippen LogP contribution in [0.4, 0.5) is 0 Å². The monoisotopic (exact) mass is 224 g/mol. The first-order valence-corrected chi connectivity index (χ1v) is 6.06. The van der Waals surface area contributed by atoms with Crippen molar-refractivity contribution >= 4 is 11.9 Å². The molecular formula is C12H20N2S. The van der Waals surface area contributed by atoms with Crippen molar-refractivity contribution in [3.8, 4) is 0 Å². The molecule has 0 atom stereocenters. The molecule has 0 unspecified atom stereocenters. The lowest BCUT2D eigenvalue weighted by Crippen LogP contribution is -2.16. The zero-order chi connectivity index (χ0) is 11.3. The lowest BCUT2D eigenvalue weighted by molar-refractivity contribution is 0.590. The summed E-state index contributed by atoms with van der Waals surface area (Å²) in [6.45, 7) is 8.18. The average Bonchev–Trinajstić information content (AvgIpc) is 2.18. The Labute approximate surface area is 96.8 Å².